The monoisotopic (exact) mass is 340 g/mol. The molecule has 4 heteroatoms. The number of benzene rings is 2. The number of methoxy groups -OCH3 is 1. The minimum absolute atomic E-state index is 0.395. The van der Waals surface area contributed by atoms with Crippen LogP contribution >= 0.6 is 0 Å². The molecule has 0 radical (unpaired) electrons. The molecule has 2 aliphatic heterocycles. The highest BCUT2D eigenvalue weighted by molar-refractivity contribution is 5.88. The van der Waals surface area contributed by atoms with Crippen molar-refractivity contribution in [3.8, 4) is 5.75 Å². The fourth-order valence-corrected chi connectivity index (χ4v) is 4.47. The molecule has 2 aromatic carbocycles. The summed E-state index contributed by atoms with van der Waals surface area (Å²) in [7, 11) is 1.80. The van der Waals surface area contributed by atoms with Crippen molar-refractivity contribution in [3.05, 3.63) is 42.0 Å². The lowest BCUT2D eigenvalue weighted by Crippen LogP contribution is -2.47. The van der Waals surface area contributed by atoms with Crippen molar-refractivity contribution in [1.29, 1.82) is 0 Å². The zero-order valence-electron chi connectivity index (χ0n) is 15.0. The first-order valence-electron chi connectivity index (χ1n) is 9.46. The van der Waals surface area contributed by atoms with E-state index in [1.165, 1.54) is 16.3 Å². The van der Waals surface area contributed by atoms with Crippen LogP contribution in [0.25, 0.3) is 10.8 Å². The molecule has 0 aromatic heterocycles. The smallest absolute Gasteiger partial charge is 0.124 e. The fourth-order valence-electron chi connectivity index (χ4n) is 4.47. The van der Waals surface area contributed by atoms with Crippen molar-refractivity contribution in [3.63, 3.8) is 0 Å². The van der Waals surface area contributed by atoms with E-state index in [0.717, 1.165) is 58.0 Å². The standard InChI is InChI=1S/C21H28N2O2/c1-24-19-7-6-16-4-2-3-5-18(16)20(19)21(17-8-14-25-15-9-17)23-12-10-22-11-13-23/h2-7,17,21-22H,8-15H2,1H3/t21-/m0/s1. The summed E-state index contributed by atoms with van der Waals surface area (Å²) in [4.78, 5) is 2.66. The minimum atomic E-state index is 0.395. The van der Waals surface area contributed by atoms with Crippen molar-refractivity contribution in [2.75, 3.05) is 46.5 Å². The molecular weight excluding hydrogens is 312 g/mol. The summed E-state index contributed by atoms with van der Waals surface area (Å²) < 4.78 is 11.5. The predicted molar refractivity (Wildman–Crippen MR) is 101 cm³/mol. The third kappa shape index (κ3) is 3.39. The average Bonchev–Trinajstić information content (AvgIpc) is 2.70. The van der Waals surface area contributed by atoms with Gasteiger partial charge in [0.1, 0.15) is 5.75 Å². The number of nitrogens with one attached hydrogen (secondary N) is 1. The lowest BCUT2D eigenvalue weighted by Gasteiger charge is -2.42. The average molecular weight is 340 g/mol. The van der Waals surface area contributed by atoms with Crippen molar-refractivity contribution in [2.45, 2.75) is 18.9 Å². The number of nitrogens with zero attached hydrogens (tertiary/aromatic N) is 1. The lowest BCUT2D eigenvalue weighted by molar-refractivity contribution is 0.0211. The maximum atomic E-state index is 5.84. The molecular formula is C21H28N2O2. The Labute approximate surface area is 150 Å². The molecule has 0 unspecified atom stereocenters. The van der Waals surface area contributed by atoms with E-state index in [0.29, 0.717) is 12.0 Å². The Hall–Kier alpha value is -1.62. The van der Waals surface area contributed by atoms with E-state index in [2.05, 4.69) is 46.6 Å². The third-order valence-corrected chi connectivity index (χ3v) is 5.70. The molecule has 2 aromatic rings. The Balaban J connectivity index is 1.84. The molecule has 2 saturated heterocycles. The first-order chi connectivity index (χ1) is 12.4. The van der Waals surface area contributed by atoms with Crippen LogP contribution in [0.5, 0.6) is 5.75 Å². The number of hydrogen-bond donors (Lipinski definition) is 1. The number of ether oxygens (including phenoxy) is 2. The minimum Gasteiger partial charge on any atom is -0.496 e. The highest BCUT2D eigenvalue weighted by Gasteiger charge is 2.34. The first kappa shape index (κ1) is 16.8. The van der Waals surface area contributed by atoms with Crippen LogP contribution in [0.2, 0.25) is 0 Å². The maximum absolute atomic E-state index is 5.84. The Morgan fingerprint density at radius 2 is 1.84 bits per heavy atom. The van der Waals surface area contributed by atoms with Crippen molar-refractivity contribution < 1.29 is 9.47 Å². The second kappa shape index (κ2) is 7.73. The summed E-state index contributed by atoms with van der Waals surface area (Å²) in [5.74, 6) is 1.64. The van der Waals surface area contributed by atoms with Crippen LogP contribution < -0.4 is 10.1 Å². The van der Waals surface area contributed by atoms with Crippen LogP contribution in [0.4, 0.5) is 0 Å². The van der Waals surface area contributed by atoms with Gasteiger partial charge in [0.2, 0.25) is 0 Å². The third-order valence-electron chi connectivity index (χ3n) is 5.70. The largest absolute Gasteiger partial charge is 0.496 e. The van der Waals surface area contributed by atoms with Crippen LogP contribution in [0, 0.1) is 5.92 Å². The highest BCUT2D eigenvalue weighted by Crippen LogP contribution is 2.43. The van der Waals surface area contributed by atoms with E-state index in [9.17, 15) is 0 Å². The number of hydrogen-bond acceptors (Lipinski definition) is 4. The summed E-state index contributed by atoms with van der Waals surface area (Å²) in [5, 5.41) is 6.12. The van der Waals surface area contributed by atoms with Gasteiger partial charge in [0, 0.05) is 51.0 Å². The Bertz CT molecular complexity index is 688. The highest BCUT2D eigenvalue weighted by atomic mass is 16.5. The molecule has 0 bridgehead atoms. The van der Waals surface area contributed by atoms with Crippen LogP contribution in [0.15, 0.2) is 36.4 Å². The second-order valence-corrected chi connectivity index (χ2v) is 7.08. The summed E-state index contributed by atoms with van der Waals surface area (Å²) >= 11 is 0. The molecule has 4 nitrogen and oxygen atoms in total. The SMILES string of the molecule is COc1ccc2ccccc2c1[C@H](C1CCOCC1)N1CCNCC1. The van der Waals surface area contributed by atoms with Gasteiger partial charge < -0.3 is 14.8 Å². The van der Waals surface area contributed by atoms with Gasteiger partial charge in [-0.15, -0.1) is 0 Å². The van der Waals surface area contributed by atoms with E-state index in [-0.39, 0.29) is 0 Å². The molecule has 4 rings (SSSR count). The Kier molecular flexibility index (Phi) is 5.20. The van der Waals surface area contributed by atoms with E-state index >= 15 is 0 Å². The van der Waals surface area contributed by atoms with Crippen molar-refractivity contribution in [1.82, 2.24) is 10.2 Å². The molecule has 134 valence electrons. The van der Waals surface area contributed by atoms with Crippen LogP contribution in [-0.2, 0) is 4.74 Å². The van der Waals surface area contributed by atoms with Gasteiger partial charge in [0.25, 0.3) is 0 Å². The summed E-state index contributed by atoms with van der Waals surface area (Å²) in [6.07, 6.45) is 2.25. The van der Waals surface area contributed by atoms with Gasteiger partial charge in [-0.3, -0.25) is 4.90 Å². The molecule has 1 atom stereocenters. The van der Waals surface area contributed by atoms with Crippen LogP contribution in [0.3, 0.4) is 0 Å². The zero-order valence-corrected chi connectivity index (χ0v) is 15.0. The Morgan fingerprint density at radius 3 is 2.60 bits per heavy atom. The van der Waals surface area contributed by atoms with Crippen LogP contribution in [-0.4, -0.2) is 51.4 Å². The van der Waals surface area contributed by atoms with Gasteiger partial charge in [-0.25, -0.2) is 0 Å². The normalized spacial score (nSPS) is 21.3. The van der Waals surface area contributed by atoms with Gasteiger partial charge in [-0.2, -0.15) is 0 Å². The van der Waals surface area contributed by atoms with E-state index < -0.39 is 0 Å². The van der Waals surface area contributed by atoms with Gasteiger partial charge in [-0.05, 0) is 35.6 Å². The lowest BCUT2D eigenvalue weighted by atomic mass is 9.83. The number of piperazine rings is 1. The molecule has 2 heterocycles. The molecule has 2 aliphatic rings. The molecule has 0 aliphatic carbocycles. The van der Waals surface area contributed by atoms with Gasteiger partial charge in [-0.1, -0.05) is 30.3 Å². The predicted octanol–water partition coefficient (Wildman–Crippen LogP) is 3.22. The molecule has 25 heavy (non-hydrogen) atoms. The van der Waals surface area contributed by atoms with E-state index in [4.69, 9.17) is 9.47 Å². The molecule has 0 amide bonds. The number of rotatable bonds is 4. The van der Waals surface area contributed by atoms with Crippen molar-refractivity contribution >= 4 is 10.8 Å². The quantitative estimate of drug-likeness (QED) is 0.927. The first-order valence-corrected chi connectivity index (χ1v) is 9.46. The molecule has 0 spiro atoms. The fraction of sp³-hybridized carbons (Fsp3) is 0.524. The zero-order chi connectivity index (χ0) is 17.1. The summed E-state index contributed by atoms with van der Waals surface area (Å²) in [6, 6.07) is 13.4. The maximum Gasteiger partial charge on any atom is 0.124 e. The molecule has 2 fully saturated rings. The summed E-state index contributed by atoms with van der Waals surface area (Å²) in [5.41, 5.74) is 1.37. The topological polar surface area (TPSA) is 33.7 Å². The van der Waals surface area contributed by atoms with Crippen LogP contribution in [0.1, 0.15) is 24.4 Å². The number of fused-ring (bicyclic) bond motifs is 1. The van der Waals surface area contributed by atoms with E-state index in [1.54, 1.807) is 7.11 Å². The van der Waals surface area contributed by atoms with E-state index in [1.807, 2.05) is 0 Å². The van der Waals surface area contributed by atoms with Crippen molar-refractivity contribution in [2.24, 2.45) is 5.92 Å². The summed E-state index contributed by atoms with van der Waals surface area (Å²) in [6.45, 7) is 6.06. The van der Waals surface area contributed by atoms with Gasteiger partial charge in [0.15, 0.2) is 0 Å². The van der Waals surface area contributed by atoms with Gasteiger partial charge in [0.05, 0.1) is 7.11 Å². The van der Waals surface area contributed by atoms with Gasteiger partial charge >= 0.3 is 0 Å². The second-order valence-electron chi connectivity index (χ2n) is 7.08. The molecule has 0 saturated carbocycles. The molecule has 1 N–H and O–H groups in total. The Morgan fingerprint density at radius 1 is 1.08 bits per heavy atom.